The maximum absolute atomic E-state index is 15.2. The van der Waals surface area contributed by atoms with E-state index >= 15 is 4.39 Å². The predicted molar refractivity (Wildman–Crippen MR) is 123 cm³/mol. The van der Waals surface area contributed by atoms with Gasteiger partial charge in [-0.25, -0.2) is 17.8 Å². The Morgan fingerprint density at radius 3 is 2.39 bits per heavy atom. The van der Waals surface area contributed by atoms with Gasteiger partial charge < -0.3 is 4.57 Å². The molecule has 4 rings (SSSR count). The van der Waals surface area contributed by atoms with E-state index in [1.54, 1.807) is 0 Å². The van der Waals surface area contributed by atoms with Gasteiger partial charge in [-0.15, -0.1) is 0 Å². The lowest BCUT2D eigenvalue weighted by atomic mass is 9.96. The zero-order chi connectivity index (χ0) is 24.0. The summed E-state index contributed by atoms with van der Waals surface area (Å²) in [7, 11) is 0. The molecule has 1 fully saturated rings. The molecule has 178 valence electrons. The van der Waals surface area contributed by atoms with Crippen LogP contribution >= 0.6 is 12.1 Å². The smallest absolute Gasteiger partial charge is 0.347 e. The van der Waals surface area contributed by atoms with Crippen molar-refractivity contribution in [1.82, 2.24) is 13.6 Å². The second kappa shape index (κ2) is 8.92. The molecule has 0 aliphatic carbocycles. The van der Waals surface area contributed by atoms with Crippen molar-refractivity contribution < 1.29 is 22.0 Å². The predicted octanol–water partition coefficient (Wildman–Crippen LogP) is 6.82. The molecule has 1 aliphatic heterocycles. The highest BCUT2D eigenvalue weighted by atomic mass is 32.2. The summed E-state index contributed by atoms with van der Waals surface area (Å²) < 4.78 is 76.0. The summed E-state index contributed by atoms with van der Waals surface area (Å²) in [4.78, 5) is 0. The van der Waals surface area contributed by atoms with Crippen LogP contribution in [0.25, 0.3) is 22.0 Å². The average Bonchev–Trinajstić information content (AvgIpc) is 3.00. The van der Waals surface area contributed by atoms with Gasteiger partial charge >= 0.3 is 6.18 Å². The molecule has 1 N–H and O–H groups in total. The number of nitrogens with one attached hydrogen (secondary N) is 1. The monoisotopic (exact) mass is 483 g/mol. The summed E-state index contributed by atoms with van der Waals surface area (Å²) in [5, 5.41) is 0.644. The molecule has 1 saturated heterocycles. The van der Waals surface area contributed by atoms with E-state index in [0.717, 1.165) is 11.6 Å². The molecule has 1 aliphatic rings. The van der Waals surface area contributed by atoms with Gasteiger partial charge in [0.2, 0.25) is 0 Å². The third kappa shape index (κ3) is 5.36. The van der Waals surface area contributed by atoms with Crippen LogP contribution in [-0.2, 0) is 19.3 Å². The summed E-state index contributed by atoms with van der Waals surface area (Å²) in [5.74, 6) is -0.704. The first-order chi connectivity index (χ1) is 15.4. The van der Waals surface area contributed by atoms with Crippen molar-refractivity contribution in [2.24, 2.45) is 5.41 Å². The van der Waals surface area contributed by atoms with Crippen LogP contribution in [0.5, 0.6) is 0 Å². The highest BCUT2D eigenvalue weighted by Gasteiger charge is 2.34. The van der Waals surface area contributed by atoms with Crippen molar-refractivity contribution in [2.45, 2.75) is 46.2 Å². The number of hydrogen-bond acceptors (Lipinski definition) is 3. The van der Waals surface area contributed by atoms with E-state index in [4.69, 9.17) is 0 Å². The minimum absolute atomic E-state index is 0.0767. The van der Waals surface area contributed by atoms with Gasteiger partial charge in [0.15, 0.2) is 0 Å². The van der Waals surface area contributed by atoms with Gasteiger partial charge in [0.05, 0.1) is 5.56 Å². The summed E-state index contributed by atoms with van der Waals surface area (Å²) >= 11 is 1.32. The molecular weight excluding hydrogens is 457 g/mol. The van der Waals surface area contributed by atoms with Crippen molar-refractivity contribution in [3.63, 3.8) is 0 Å². The topological polar surface area (TPSA) is 20.2 Å². The highest BCUT2D eigenvalue weighted by Crippen LogP contribution is 2.40. The molecule has 3 aromatic rings. The Kier molecular flexibility index (Phi) is 6.50. The van der Waals surface area contributed by atoms with Gasteiger partial charge in [0, 0.05) is 61.0 Å². The molecule has 1 aromatic heterocycles. The first-order valence-corrected chi connectivity index (χ1v) is 11.5. The molecule has 9 heteroatoms. The Morgan fingerprint density at radius 2 is 1.76 bits per heavy atom. The van der Waals surface area contributed by atoms with Gasteiger partial charge in [0.25, 0.3) is 0 Å². The lowest BCUT2D eigenvalue weighted by Crippen LogP contribution is -2.45. The minimum Gasteiger partial charge on any atom is -0.347 e. The third-order valence-electron chi connectivity index (χ3n) is 5.48. The molecule has 0 bridgehead atoms. The van der Waals surface area contributed by atoms with Gasteiger partial charge in [-0.2, -0.15) is 13.2 Å². The Hall–Kier alpha value is -2.10. The second-order valence-electron chi connectivity index (χ2n) is 9.59. The van der Waals surface area contributed by atoms with Crippen LogP contribution in [-0.4, -0.2) is 28.1 Å². The zero-order valence-corrected chi connectivity index (χ0v) is 19.5. The number of rotatable bonds is 6. The molecule has 0 atom stereocenters. The molecule has 0 radical (unpaired) electrons. The fourth-order valence-corrected chi connectivity index (χ4v) is 4.88. The Morgan fingerprint density at radius 1 is 1.06 bits per heavy atom. The van der Waals surface area contributed by atoms with Crippen molar-refractivity contribution >= 4 is 23.0 Å². The molecule has 0 amide bonds. The molecule has 0 spiro atoms. The Labute approximate surface area is 194 Å². The van der Waals surface area contributed by atoms with Gasteiger partial charge in [-0.05, 0) is 34.7 Å². The number of hydrogen-bond donors (Lipinski definition) is 1. The molecule has 0 saturated carbocycles. The van der Waals surface area contributed by atoms with Crippen LogP contribution in [0.2, 0.25) is 0 Å². The fourth-order valence-electron chi connectivity index (χ4n) is 4.00. The van der Waals surface area contributed by atoms with Crippen molar-refractivity contribution in [1.29, 1.82) is 0 Å². The Balaban J connectivity index is 1.74. The summed E-state index contributed by atoms with van der Waals surface area (Å²) in [5.41, 5.74) is 0.281. The number of halogens is 5. The van der Waals surface area contributed by atoms with E-state index in [1.165, 1.54) is 42.5 Å². The minimum atomic E-state index is -4.59. The van der Waals surface area contributed by atoms with Crippen molar-refractivity contribution in [3.05, 3.63) is 59.5 Å². The summed E-state index contributed by atoms with van der Waals surface area (Å²) in [6.45, 7) is 7.93. The van der Waals surface area contributed by atoms with Crippen LogP contribution < -0.4 is 4.72 Å². The zero-order valence-electron chi connectivity index (χ0n) is 18.6. The van der Waals surface area contributed by atoms with Gasteiger partial charge in [-0.1, -0.05) is 39.0 Å². The van der Waals surface area contributed by atoms with E-state index in [2.05, 4.69) is 25.5 Å². The van der Waals surface area contributed by atoms with Crippen LogP contribution in [0.15, 0.2) is 42.6 Å². The van der Waals surface area contributed by atoms with E-state index in [0.29, 0.717) is 37.1 Å². The second-order valence-corrected chi connectivity index (χ2v) is 10.6. The largest absolute Gasteiger partial charge is 0.417 e. The number of aromatic nitrogens is 1. The third-order valence-corrected chi connectivity index (χ3v) is 6.31. The summed E-state index contributed by atoms with van der Waals surface area (Å²) in [6, 6.07) is 7.88. The highest BCUT2D eigenvalue weighted by molar-refractivity contribution is 7.95. The number of fused-ring (bicyclic) bond motifs is 1. The maximum Gasteiger partial charge on any atom is 0.417 e. The van der Waals surface area contributed by atoms with E-state index < -0.39 is 23.7 Å². The molecule has 33 heavy (non-hydrogen) atoms. The maximum atomic E-state index is 15.2. The van der Waals surface area contributed by atoms with Crippen LogP contribution in [0.4, 0.5) is 22.0 Å². The van der Waals surface area contributed by atoms with Crippen LogP contribution in [0, 0.1) is 11.2 Å². The number of alkyl halides is 4. The molecule has 2 heterocycles. The normalized spacial score (nSPS) is 15.9. The quantitative estimate of drug-likeness (QED) is 0.307. The first-order valence-electron chi connectivity index (χ1n) is 10.7. The summed E-state index contributed by atoms with van der Waals surface area (Å²) in [6.07, 6.45) is -3.48. The van der Waals surface area contributed by atoms with Crippen LogP contribution in [0.3, 0.4) is 0 Å². The fraction of sp³-hybridized carbons (Fsp3) is 0.417. The van der Waals surface area contributed by atoms with Gasteiger partial charge in [0.1, 0.15) is 12.0 Å². The first kappa shape index (κ1) is 24.0. The van der Waals surface area contributed by atoms with E-state index in [9.17, 15) is 17.6 Å². The average molecular weight is 484 g/mol. The number of nitrogens with zero attached hydrogens (tertiary/aromatic N) is 2. The lowest BCUT2D eigenvalue weighted by molar-refractivity contribution is -0.137. The van der Waals surface area contributed by atoms with Crippen LogP contribution in [0.1, 0.15) is 31.9 Å². The standard InChI is InChI=1S/C24H26F5N3S/c1-23(2,3)14-31-11-15(10-30-33-32-12-16(25)13-32)18-8-21(26)19(9-22(18)31)17-6-4-5-7-20(17)24(27,28)29/h4-9,11,16,30H,10,12-14H2,1-3H3. The molecule has 0 unspecified atom stereocenters. The number of benzene rings is 2. The molecule has 2 aromatic carbocycles. The van der Waals surface area contributed by atoms with Gasteiger partial charge in [-0.3, -0.25) is 0 Å². The van der Waals surface area contributed by atoms with Crippen molar-refractivity contribution in [2.75, 3.05) is 13.1 Å². The SMILES string of the molecule is CC(C)(C)Cn1cc(CNSN2CC(F)C2)c2cc(F)c(-c3ccccc3C(F)(F)F)cc21. The van der Waals surface area contributed by atoms with E-state index in [-0.39, 0.29) is 16.5 Å². The van der Waals surface area contributed by atoms with Crippen molar-refractivity contribution in [3.8, 4) is 11.1 Å². The Bertz CT molecular complexity index is 1140. The van der Waals surface area contributed by atoms with E-state index in [1.807, 2.05) is 15.1 Å². The molecular formula is C24H26F5N3S. The lowest BCUT2D eigenvalue weighted by Gasteiger charge is -2.32. The molecule has 3 nitrogen and oxygen atoms in total.